The molecular formula is C13H24N4O. The lowest BCUT2D eigenvalue weighted by Gasteiger charge is -2.25. The highest BCUT2D eigenvalue weighted by Gasteiger charge is 2.25. The van der Waals surface area contributed by atoms with Crippen molar-refractivity contribution in [2.75, 3.05) is 20.3 Å². The number of aromatic nitrogens is 3. The van der Waals surface area contributed by atoms with E-state index in [4.69, 9.17) is 4.74 Å². The van der Waals surface area contributed by atoms with Crippen molar-refractivity contribution in [3.05, 3.63) is 11.4 Å². The highest BCUT2D eigenvalue weighted by atomic mass is 16.5. The first-order valence-corrected chi connectivity index (χ1v) is 6.94. The third-order valence-corrected chi connectivity index (χ3v) is 3.76. The van der Waals surface area contributed by atoms with Crippen LogP contribution in [0, 0.1) is 0 Å². The van der Waals surface area contributed by atoms with Crippen LogP contribution in [0.25, 0.3) is 0 Å². The molecule has 0 aromatic carbocycles. The Bertz CT molecular complexity index is 371. The van der Waals surface area contributed by atoms with Gasteiger partial charge in [0.15, 0.2) is 0 Å². The Labute approximate surface area is 109 Å². The third-order valence-electron chi connectivity index (χ3n) is 3.76. The van der Waals surface area contributed by atoms with Crippen LogP contribution in [-0.4, -0.2) is 35.3 Å². The summed E-state index contributed by atoms with van der Waals surface area (Å²) in [4.78, 5) is 0. The molecule has 1 unspecified atom stereocenters. The lowest BCUT2D eigenvalue weighted by Crippen LogP contribution is -2.21. The molecule has 1 atom stereocenters. The van der Waals surface area contributed by atoms with Gasteiger partial charge in [0.1, 0.15) is 0 Å². The zero-order valence-electron chi connectivity index (χ0n) is 11.6. The second-order valence-corrected chi connectivity index (χ2v) is 5.04. The van der Waals surface area contributed by atoms with Gasteiger partial charge in [-0.2, -0.15) is 0 Å². The van der Waals surface area contributed by atoms with Crippen molar-refractivity contribution in [2.24, 2.45) is 0 Å². The highest BCUT2D eigenvalue weighted by molar-refractivity contribution is 5.17. The molecule has 1 fully saturated rings. The summed E-state index contributed by atoms with van der Waals surface area (Å²) in [6, 6.07) is 0.418. The van der Waals surface area contributed by atoms with Gasteiger partial charge >= 0.3 is 0 Å². The quantitative estimate of drug-likeness (QED) is 0.869. The molecular weight excluding hydrogens is 228 g/mol. The van der Waals surface area contributed by atoms with Crippen LogP contribution in [0.2, 0.25) is 0 Å². The molecule has 1 aromatic heterocycles. The molecule has 102 valence electrons. The van der Waals surface area contributed by atoms with Gasteiger partial charge in [0.05, 0.1) is 17.4 Å². The number of nitrogens with one attached hydrogen (secondary N) is 1. The minimum absolute atomic E-state index is 0.418. The van der Waals surface area contributed by atoms with E-state index < -0.39 is 0 Å². The molecule has 2 heterocycles. The summed E-state index contributed by atoms with van der Waals surface area (Å²) in [6.45, 7) is 6.91. The van der Waals surface area contributed by atoms with E-state index >= 15 is 0 Å². The van der Waals surface area contributed by atoms with Crippen LogP contribution in [0.4, 0.5) is 0 Å². The molecule has 0 radical (unpaired) electrons. The molecule has 0 bridgehead atoms. The van der Waals surface area contributed by atoms with E-state index in [0.29, 0.717) is 12.0 Å². The van der Waals surface area contributed by atoms with Crippen LogP contribution in [0.15, 0.2) is 0 Å². The molecule has 5 nitrogen and oxygen atoms in total. The fourth-order valence-electron chi connectivity index (χ4n) is 2.52. The van der Waals surface area contributed by atoms with Gasteiger partial charge in [-0.15, -0.1) is 5.10 Å². The van der Waals surface area contributed by atoms with Gasteiger partial charge < -0.3 is 10.1 Å². The molecule has 1 aromatic rings. The normalized spacial score (nSPS) is 19.1. The molecule has 5 heteroatoms. The van der Waals surface area contributed by atoms with E-state index in [1.165, 1.54) is 5.69 Å². The van der Waals surface area contributed by atoms with Gasteiger partial charge in [0.25, 0.3) is 0 Å². The molecule has 2 rings (SSSR count). The van der Waals surface area contributed by atoms with Crippen LogP contribution >= 0.6 is 0 Å². The van der Waals surface area contributed by atoms with E-state index in [2.05, 4.69) is 34.2 Å². The molecule has 0 amide bonds. The molecule has 1 N–H and O–H groups in total. The van der Waals surface area contributed by atoms with E-state index in [1.54, 1.807) is 0 Å². The van der Waals surface area contributed by atoms with Gasteiger partial charge in [0.2, 0.25) is 0 Å². The number of hydrogen-bond donors (Lipinski definition) is 1. The monoisotopic (exact) mass is 252 g/mol. The van der Waals surface area contributed by atoms with Crippen LogP contribution < -0.4 is 5.32 Å². The Balaban J connectivity index is 2.29. The second kappa shape index (κ2) is 6.29. The van der Waals surface area contributed by atoms with Crippen molar-refractivity contribution < 1.29 is 4.74 Å². The SMILES string of the molecule is CCC(C)n1nnc(CNC)c1C1CCOCC1. The van der Waals surface area contributed by atoms with Crippen molar-refractivity contribution in [1.29, 1.82) is 0 Å². The number of hydrogen-bond acceptors (Lipinski definition) is 4. The first-order chi connectivity index (χ1) is 8.77. The predicted molar refractivity (Wildman–Crippen MR) is 70.6 cm³/mol. The van der Waals surface area contributed by atoms with Crippen molar-refractivity contribution in [3.63, 3.8) is 0 Å². The molecule has 1 aliphatic heterocycles. The molecule has 0 aliphatic carbocycles. The van der Waals surface area contributed by atoms with Crippen molar-refractivity contribution >= 4 is 0 Å². The smallest absolute Gasteiger partial charge is 0.0999 e. The van der Waals surface area contributed by atoms with Crippen LogP contribution in [0.5, 0.6) is 0 Å². The van der Waals surface area contributed by atoms with Crippen molar-refractivity contribution in [2.45, 2.75) is 51.6 Å². The highest BCUT2D eigenvalue weighted by Crippen LogP contribution is 2.30. The van der Waals surface area contributed by atoms with E-state index in [0.717, 1.165) is 44.7 Å². The maximum Gasteiger partial charge on any atom is 0.0999 e. The average Bonchev–Trinajstić information content (AvgIpc) is 2.83. The fraction of sp³-hybridized carbons (Fsp3) is 0.846. The maximum absolute atomic E-state index is 5.46. The van der Waals surface area contributed by atoms with Crippen LogP contribution in [0.3, 0.4) is 0 Å². The van der Waals surface area contributed by atoms with Gasteiger partial charge in [-0.1, -0.05) is 12.1 Å². The Hall–Kier alpha value is -0.940. The summed E-state index contributed by atoms with van der Waals surface area (Å²) in [6.07, 6.45) is 3.25. The minimum atomic E-state index is 0.418. The Morgan fingerprint density at radius 1 is 1.44 bits per heavy atom. The number of rotatable bonds is 5. The van der Waals surface area contributed by atoms with Gasteiger partial charge in [0, 0.05) is 25.7 Å². The summed E-state index contributed by atoms with van der Waals surface area (Å²) < 4.78 is 7.59. The second-order valence-electron chi connectivity index (χ2n) is 5.04. The molecule has 0 spiro atoms. The van der Waals surface area contributed by atoms with Gasteiger partial charge in [-0.25, -0.2) is 4.68 Å². The topological polar surface area (TPSA) is 52.0 Å². The number of nitrogens with zero attached hydrogens (tertiary/aromatic N) is 3. The standard InChI is InChI=1S/C13H24N4O/c1-4-10(2)17-13(11-5-7-18-8-6-11)12(9-14-3)15-16-17/h10-11,14H,4-9H2,1-3H3. The first-order valence-electron chi connectivity index (χ1n) is 6.94. The Morgan fingerprint density at radius 2 is 2.17 bits per heavy atom. The lowest BCUT2D eigenvalue weighted by molar-refractivity contribution is 0.0829. The largest absolute Gasteiger partial charge is 0.381 e. The summed E-state index contributed by atoms with van der Waals surface area (Å²) in [7, 11) is 1.95. The third kappa shape index (κ3) is 2.72. The first kappa shape index (κ1) is 13.5. The molecule has 1 aliphatic rings. The predicted octanol–water partition coefficient (Wildman–Crippen LogP) is 1.86. The van der Waals surface area contributed by atoms with E-state index in [1.807, 2.05) is 7.05 Å². The minimum Gasteiger partial charge on any atom is -0.381 e. The van der Waals surface area contributed by atoms with E-state index in [9.17, 15) is 0 Å². The van der Waals surface area contributed by atoms with Crippen LogP contribution in [-0.2, 0) is 11.3 Å². The maximum atomic E-state index is 5.46. The molecule has 0 saturated carbocycles. The fourth-order valence-corrected chi connectivity index (χ4v) is 2.52. The Morgan fingerprint density at radius 3 is 2.78 bits per heavy atom. The zero-order chi connectivity index (χ0) is 13.0. The summed E-state index contributed by atoms with van der Waals surface area (Å²) in [5.41, 5.74) is 2.42. The van der Waals surface area contributed by atoms with E-state index in [-0.39, 0.29) is 0 Å². The van der Waals surface area contributed by atoms with Crippen molar-refractivity contribution in [3.8, 4) is 0 Å². The summed E-state index contributed by atoms with van der Waals surface area (Å²) in [5, 5.41) is 11.9. The zero-order valence-corrected chi connectivity index (χ0v) is 11.6. The lowest BCUT2D eigenvalue weighted by atomic mass is 9.94. The summed E-state index contributed by atoms with van der Waals surface area (Å²) >= 11 is 0. The summed E-state index contributed by atoms with van der Waals surface area (Å²) in [5.74, 6) is 0.547. The van der Waals surface area contributed by atoms with Crippen molar-refractivity contribution in [1.82, 2.24) is 20.3 Å². The average molecular weight is 252 g/mol. The molecule has 1 saturated heterocycles. The number of ether oxygens (including phenoxy) is 1. The Kier molecular flexibility index (Phi) is 4.72. The van der Waals surface area contributed by atoms with Crippen LogP contribution in [0.1, 0.15) is 56.5 Å². The van der Waals surface area contributed by atoms with Gasteiger partial charge in [-0.05, 0) is 33.2 Å². The molecule has 18 heavy (non-hydrogen) atoms. The van der Waals surface area contributed by atoms with Gasteiger partial charge in [-0.3, -0.25) is 0 Å².